The van der Waals surface area contributed by atoms with Gasteiger partial charge in [0.1, 0.15) is 23.0 Å². The van der Waals surface area contributed by atoms with E-state index in [4.69, 9.17) is 0 Å². The van der Waals surface area contributed by atoms with Crippen molar-refractivity contribution < 1.29 is 18.7 Å². The minimum atomic E-state index is -0.694. The average Bonchev–Trinajstić information content (AvgIpc) is 3.52. The molecule has 1 amide bonds. The summed E-state index contributed by atoms with van der Waals surface area (Å²) in [6, 6.07) is 2.48. The number of aliphatic hydroxyl groups excluding tert-OH is 1. The van der Waals surface area contributed by atoms with Gasteiger partial charge in [0.05, 0.1) is 17.5 Å². The Labute approximate surface area is 223 Å². The number of carbonyl (C=O) groups excluding carboxylic acids is 1. The molecule has 0 aromatic carbocycles. The maximum absolute atomic E-state index is 15.0. The zero-order valence-electron chi connectivity index (χ0n) is 22.3. The zero-order chi connectivity index (χ0) is 27.2. The lowest BCUT2D eigenvalue weighted by atomic mass is 9.88. The molecule has 4 aliphatic rings. The van der Waals surface area contributed by atoms with Gasteiger partial charge in [-0.15, -0.1) is 0 Å². The van der Waals surface area contributed by atoms with E-state index < -0.39 is 17.6 Å². The average molecular weight is 520 g/mol. The van der Waals surface area contributed by atoms with Crippen LogP contribution in [0.1, 0.15) is 56.7 Å². The molecule has 2 fully saturated rings. The molecule has 0 spiro atoms. The molecule has 1 aromatic rings. The number of fused-ring (bicyclic) bond motifs is 1. The Hall–Kier alpha value is -3.32. The van der Waals surface area contributed by atoms with Crippen molar-refractivity contribution in [1.29, 1.82) is 0 Å². The van der Waals surface area contributed by atoms with Gasteiger partial charge in [0.2, 0.25) is 0 Å². The molecule has 1 saturated heterocycles. The first-order valence-electron chi connectivity index (χ1n) is 13.4. The molecular weight excluding hydrogens is 484 g/mol. The fraction of sp³-hybridized carbons (Fsp3) is 0.419. The maximum Gasteiger partial charge on any atom is 0.274 e. The first kappa shape index (κ1) is 26.3. The highest BCUT2D eigenvalue weighted by Gasteiger charge is 2.43. The van der Waals surface area contributed by atoms with Crippen LogP contribution in [-0.2, 0) is 0 Å². The smallest absolute Gasteiger partial charge is 0.274 e. The Kier molecular flexibility index (Phi) is 6.99. The topological polar surface area (TPSA) is 65.5 Å². The molecule has 4 unspecified atom stereocenters. The lowest BCUT2D eigenvalue weighted by Crippen LogP contribution is -2.47. The highest BCUT2D eigenvalue weighted by molar-refractivity contribution is 5.94. The lowest BCUT2D eigenvalue weighted by molar-refractivity contribution is 0.00442. The Bertz CT molecular complexity index is 1330. The number of halogens is 2. The predicted octanol–water partition coefficient (Wildman–Crippen LogP) is 5.85. The summed E-state index contributed by atoms with van der Waals surface area (Å²) in [7, 11) is 0. The molecular formula is C31H35F2N3O2. The van der Waals surface area contributed by atoms with Gasteiger partial charge in [-0.2, -0.15) is 0 Å². The molecule has 2 heterocycles. The first-order chi connectivity index (χ1) is 18.1. The van der Waals surface area contributed by atoms with Crippen LogP contribution in [0.3, 0.4) is 0 Å². The van der Waals surface area contributed by atoms with Crippen LogP contribution in [-0.4, -0.2) is 40.1 Å². The lowest BCUT2D eigenvalue weighted by Gasteiger charge is -2.41. The van der Waals surface area contributed by atoms with Gasteiger partial charge in [-0.25, -0.2) is 13.8 Å². The van der Waals surface area contributed by atoms with E-state index in [0.29, 0.717) is 25.2 Å². The molecule has 5 rings (SSSR count). The minimum Gasteiger partial charge on any atom is -0.392 e. The number of aliphatic hydroxyl groups is 1. The third-order valence-electron chi connectivity index (χ3n) is 8.07. The van der Waals surface area contributed by atoms with E-state index in [0.717, 1.165) is 18.2 Å². The summed E-state index contributed by atoms with van der Waals surface area (Å²) in [5, 5.41) is 13.5. The van der Waals surface area contributed by atoms with E-state index in [9.17, 15) is 18.7 Å². The van der Waals surface area contributed by atoms with Crippen molar-refractivity contribution in [3.8, 4) is 0 Å². The second-order valence-corrected chi connectivity index (χ2v) is 11.5. The van der Waals surface area contributed by atoms with Gasteiger partial charge < -0.3 is 15.3 Å². The number of aromatic nitrogens is 1. The summed E-state index contributed by atoms with van der Waals surface area (Å²) >= 11 is 0. The molecule has 38 heavy (non-hydrogen) atoms. The number of nitrogens with one attached hydrogen (secondary N) is 1. The van der Waals surface area contributed by atoms with Gasteiger partial charge in [0, 0.05) is 24.1 Å². The third kappa shape index (κ3) is 5.17. The summed E-state index contributed by atoms with van der Waals surface area (Å²) in [4.78, 5) is 19.9. The number of allylic oxidation sites excluding steroid dienone is 10. The van der Waals surface area contributed by atoms with Crippen molar-refractivity contribution in [1.82, 2.24) is 15.2 Å². The molecule has 3 aliphatic carbocycles. The standard InChI is InChI=1S/C31H35F2N3O2/c1-18-7-5-6-8-22(24(33)13-18)28-23(32)9-10-25(34-28)30(38)35-26-14-21-15-31(21,4)12-11-27(26)36-16-19(2)29(37)20(3)17-36/h5-6,8-14,18-20,29,37H,7,15-17H2,1-4H3,(H,35,38). The molecule has 5 nitrogen and oxygen atoms in total. The largest absolute Gasteiger partial charge is 0.392 e. The van der Waals surface area contributed by atoms with Crippen molar-refractivity contribution in [2.24, 2.45) is 23.2 Å². The highest BCUT2D eigenvalue weighted by Crippen LogP contribution is 2.54. The van der Waals surface area contributed by atoms with Crippen molar-refractivity contribution in [2.45, 2.75) is 46.6 Å². The summed E-state index contributed by atoms with van der Waals surface area (Å²) < 4.78 is 29.8. The van der Waals surface area contributed by atoms with Crippen LogP contribution >= 0.6 is 0 Å². The van der Waals surface area contributed by atoms with Crippen LogP contribution < -0.4 is 5.32 Å². The number of likely N-dealkylation sites (tertiary alicyclic amines) is 1. The summed E-state index contributed by atoms with van der Waals surface area (Å²) in [6.07, 6.45) is 14.0. The number of hydrogen-bond donors (Lipinski definition) is 2. The fourth-order valence-corrected chi connectivity index (χ4v) is 5.53. The SMILES string of the molecule is CC1C=C(F)C(c2nc(C(=O)NC3=C(N4CC(C)C(O)C(C)C4)C=CC4(C)CC4=C3)ccc2F)=CC=CC1. The van der Waals surface area contributed by atoms with Gasteiger partial charge >= 0.3 is 0 Å². The van der Waals surface area contributed by atoms with E-state index >= 15 is 0 Å². The van der Waals surface area contributed by atoms with Crippen molar-refractivity contribution in [3.05, 3.63) is 94.7 Å². The van der Waals surface area contributed by atoms with E-state index in [1.807, 2.05) is 32.9 Å². The van der Waals surface area contributed by atoms with Crippen LogP contribution in [0.5, 0.6) is 0 Å². The van der Waals surface area contributed by atoms with Crippen LogP contribution in [0.25, 0.3) is 5.57 Å². The van der Waals surface area contributed by atoms with Crippen molar-refractivity contribution in [3.63, 3.8) is 0 Å². The van der Waals surface area contributed by atoms with Crippen LogP contribution in [0, 0.1) is 29.0 Å². The van der Waals surface area contributed by atoms with E-state index in [2.05, 4.69) is 34.3 Å². The van der Waals surface area contributed by atoms with Crippen LogP contribution in [0.15, 0.2) is 77.5 Å². The number of amides is 1. The van der Waals surface area contributed by atoms with Gasteiger partial charge in [-0.1, -0.05) is 57.6 Å². The molecule has 1 aromatic heterocycles. The fourth-order valence-electron chi connectivity index (χ4n) is 5.53. The molecule has 0 radical (unpaired) electrons. The molecule has 4 atom stereocenters. The Morgan fingerprint density at radius 2 is 1.92 bits per heavy atom. The van der Waals surface area contributed by atoms with Gasteiger partial charge in [-0.3, -0.25) is 4.79 Å². The van der Waals surface area contributed by atoms with Crippen molar-refractivity contribution >= 4 is 11.5 Å². The maximum atomic E-state index is 15.0. The van der Waals surface area contributed by atoms with E-state index in [-0.39, 0.29) is 46.2 Å². The summed E-state index contributed by atoms with van der Waals surface area (Å²) in [5.74, 6) is -1.63. The molecule has 200 valence electrons. The number of hydrogen-bond acceptors (Lipinski definition) is 4. The van der Waals surface area contributed by atoms with Crippen LogP contribution in [0.2, 0.25) is 0 Å². The van der Waals surface area contributed by atoms with Crippen LogP contribution in [0.4, 0.5) is 8.78 Å². The number of piperidine rings is 1. The van der Waals surface area contributed by atoms with Crippen molar-refractivity contribution in [2.75, 3.05) is 13.1 Å². The monoisotopic (exact) mass is 519 g/mol. The molecule has 2 N–H and O–H groups in total. The zero-order valence-corrected chi connectivity index (χ0v) is 22.3. The number of carbonyl (C=O) groups is 1. The normalized spacial score (nSPS) is 30.9. The third-order valence-corrected chi connectivity index (χ3v) is 8.07. The van der Waals surface area contributed by atoms with E-state index in [1.54, 1.807) is 6.08 Å². The molecule has 1 aliphatic heterocycles. The Morgan fingerprint density at radius 1 is 1.18 bits per heavy atom. The van der Waals surface area contributed by atoms with Gasteiger partial charge in [-0.05, 0) is 61.0 Å². The highest BCUT2D eigenvalue weighted by atomic mass is 19.1. The molecule has 0 bridgehead atoms. The molecule has 7 heteroatoms. The second kappa shape index (κ2) is 10.1. The molecule has 1 saturated carbocycles. The van der Waals surface area contributed by atoms with Gasteiger partial charge in [0.15, 0.2) is 0 Å². The number of pyridine rings is 1. The number of rotatable bonds is 4. The van der Waals surface area contributed by atoms with Gasteiger partial charge in [0.25, 0.3) is 5.91 Å². The summed E-state index contributed by atoms with van der Waals surface area (Å²) in [6.45, 7) is 9.43. The minimum absolute atomic E-state index is 0.00188. The Balaban J connectivity index is 1.48. The first-order valence-corrected chi connectivity index (χ1v) is 13.4. The summed E-state index contributed by atoms with van der Waals surface area (Å²) in [5.41, 5.74) is 2.55. The number of nitrogens with zero attached hydrogens (tertiary/aromatic N) is 2. The second-order valence-electron chi connectivity index (χ2n) is 11.5. The predicted molar refractivity (Wildman–Crippen MR) is 145 cm³/mol. The quantitative estimate of drug-likeness (QED) is 0.524. The Morgan fingerprint density at radius 3 is 2.66 bits per heavy atom. The van der Waals surface area contributed by atoms with E-state index in [1.165, 1.54) is 23.8 Å².